The molecule has 17 heavy (non-hydrogen) atoms. The summed E-state index contributed by atoms with van der Waals surface area (Å²) in [6.07, 6.45) is 0. The fraction of sp³-hybridized carbons (Fsp3) is 0.250. The van der Waals surface area contributed by atoms with Crippen LogP contribution in [0.25, 0.3) is 11.3 Å². The molecule has 1 aromatic carbocycles. The Labute approximate surface area is 109 Å². The van der Waals surface area contributed by atoms with E-state index in [2.05, 4.69) is 4.98 Å². The molecular formula is C12H13ClN2OS. The molecule has 2 N–H and O–H groups in total. The van der Waals surface area contributed by atoms with Crippen molar-refractivity contribution in [2.75, 3.05) is 6.61 Å². The first-order valence-corrected chi connectivity index (χ1v) is 6.57. The minimum atomic E-state index is 0.454. The second-order valence-corrected chi connectivity index (χ2v) is 4.78. The number of hydrogen-bond donors (Lipinski definition) is 1. The second-order valence-electron chi connectivity index (χ2n) is 3.40. The number of hydrogen-bond acceptors (Lipinski definition) is 4. The Morgan fingerprint density at radius 3 is 2.94 bits per heavy atom. The molecule has 2 aromatic rings. The standard InChI is InChI=1S/C12H13ClN2OS/c1-2-16-11-4-3-8(13)5-9(11)10-7-17-12(6-14)15-10/h3-5,7H,2,6,14H2,1H3. The number of nitrogens with two attached hydrogens (primary N) is 1. The zero-order valence-corrected chi connectivity index (χ0v) is 11.0. The van der Waals surface area contributed by atoms with Gasteiger partial charge in [-0.25, -0.2) is 4.98 Å². The number of rotatable bonds is 4. The minimum absolute atomic E-state index is 0.454. The largest absolute Gasteiger partial charge is 0.493 e. The fourth-order valence-corrected chi connectivity index (χ4v) is 2.36. The summed E-state index contributed by atoms with van der Waals surface area (Å²) >= 11 is 7.55. The van der Waals surface area contributed by atoms with Crippen LogP contribution in [0.5, 0.6) is 5.75 Å². The Morgan fingerprint density at radius 1 is 1.47 bits per heavy atom. The van der Waals surface area contributed by atoms with E-state index in [9.17, 15) is 0 Å². The van der Waals surface area contributed by atoms with E-state index in [1.54, 1.807) is 11.3 Å². The minimum Gasteiger partial charge on any atom is -0.493 e. The average molecular weight is 269 g/mol. The highest BCUT2D eigenvalue weighted by atomic mass is 35.5. The summed E-state index contributed by atoms with van der Waals surface area (Å²) in [5.41, 5.74) is 7.33. The lowest BCUT2D eigenvalue weighted by Crippen LogP contribution is -1.96. The molecule has 2 rings (SSSR count). The first-order valence-electron chi connectivity index (χ1n) is 5.31. The van der Waals surface area contributed by atoms with Crippen LogP contribution in [0.3, 0.4) is 0 Å². The molecule has 0 aliphatic carbocycles. The summed E-state index contributed by atoms with van der Waals surface area (Å²) in [4.78, 5) is 4.44. The zero-order valence-electron chi connectivity index (χ0n) is 9.44. The third-order valence-corrected chi connectivity index (χ3v) is 3.35. The first-order chi connectivity index (χ1) is 8.24. The van der Waals surface area contributed by atoms with Gasteiger partial charge in [0.15, 0.2) is 0 Å². The first kappa shape index (κ1) is 12.4. The van der Waals surface area contributed by atoms with Gasteiger partial charge in [-0.05, 0) is 25.1 Å². The highest BCUT2D eigenvalue weighted by Crippen LogP contribution is 2.33. The molecule has 0 aliphatic heterocycles. The molecule has 0 spiro atoms. The van der Waals surface area contributed by atoms with Crippen LogP contribution in [-0.2, 0) is 6.54 Å². The summed E-state index contributed by atoms with van der Waals surface area (Å²) in [7, 11) is 0. The average Bonchev–Trinajstić information content (AvgIpc) is 2.80. The summed E-state index contributed by atoms with van der Waals surface area (Å²) in [6.45, 7) is 3.02. The molecule has 0 aliphatic rings. The fourth-order valence-electron chi connectivity index (χ4n) is 1.51. The van der Waals surface area contributed by atoms with Crippen molar-refractivity contribution < 1.29 is 4.74 Å². The molecule has 3 nitrogen and oxygen atoms in total. The summed E-state index contributed by atoms with van der Waals surface area (Å²) in [5, 5.41) is 3.55. The lowest BCUT2D eigenvalue weighted by atomic mass is 10.1. The molecule has 0 atom stereocenters. The molecule has 0 saturated carbocycles. The van der Waals surface area contributed by atoms with Gasteiger partial charge in [-0.1, -0.05) is 11.6 Å². The number of nitrogens with zero attached hydrogens (tertiary/aromatic N) is 1. The van der Waals surface area contributed by atoms with Crippen molar-refractivity contribution in [2.45, 2.75) is 13.5 Å². The predicted octanol–water partition coefficient (Wildman–Crippen LogP) is 3.32. The Balaban J connectivity index is 2.44. The molecular weight excluding hydrogens is 256 g/mol. The Hall–Kier alpha value is -1.10. The third-order valence-electron chi connectivity index (χ3n) is 2.24. The lowest BCUT2D eigenvalue weighted by Gasteiger charge is -2.08. The van der Waals surface area contributed by atoms with Crippen molar-refractivity contribution >= 4 is 22.9 Å². The number of halogens is 1. The Morgan fingerprint density at radius 2 is 2.29 bits per heavy atom. The van der Waals surface area contributed by atoms with Gasteiger partial charge < -0.3 is 10.5 Å². The van der Waals surface area contributed by atoms with Crippen LogP contribution in [0.15, 0.2) is 23.6 Å². The molecule has 0 saturated heterocycles. The van der Waals surface area contributed by atoms with Crippen molar-refractivity contribution in [1.29, 1.82) is 0 Å². The van der Waals surface area contributed by atoms with E-state index in [4.69, 9.17) is 22.1 Å². The van der Waals surface area contributed by atoms with E-state index >= 15 is 0 Å². The van der Waals surface area contributed by atoms with Crippen molar-refractivity contribution in [1.82, 2.24) is 4.98 Å². The predicted molar refractivity (Wildman–Crippen MR) is 71.6 cm³/mol. The second kappa shape index (κ2) is 5.49. The number of aromatic nitrogens is 1. The van der Waals surface area contributed by atoms with Crippen LogP contribution in [0.2, 0.25) is 5.02 Å². The van der Waals surface area contributed by atoms with Gasteiger partial charge in [-0.2, -0.15) is 0 Å². The zero-order chi connectivity index (χ0) is 12.3. The van der Waals surface area contributed by atoms with Gasteiger partial charge in [0.1, 0.15) is 10.8 Å². The van der Waals surface area contributed by atoms with Gasteiger partial charge in [0.2, 0.25) is 0 Å². The Kier molecular flexibility index (Phi) is 3.99. The molecule has 0 amide bonds. The third kappa shape index (κ3) is 2.77. The van der Waals surface area contributed by atoms with Crippen molar-refractivity contribution in [2.24, 2.45) is 5.73 Å². The number of benzene rings is 1. The maximum Gasteiger partial charge on any atom is 0.128 e. The molecule has 1 heterocycles. The maximum absolute atomic E-state index is 6.00. The van der Waals surface area contributed by atoms with Gasteiger partial charge in [-0.15, -0.1) is 11.3 Å². The van der Waals surface area contributed by atoms with Gasteiger partial charge in [0.05, 0.1) is 12.3 Å². The van der Waals surface area contributed by atoms with E-state index in [0.29, 0.717) is 18.2 Å². The van der Waals surface area contributed by atoms with Gasteiger partial charge in [0, 0.05) is 22.5 Å². The summed E-state index contributed by atoms with van der Waals surface area (Å²) in [6, 6.07) is 5.54. The van der Waals surface area contributed by atoms with Crippen LogP contribution in [0, 0.1) is 0 Å². The molecule has 0 fully saturated rings. The van der Waals surface area contributed by atoms with E-state index in [1.165, 1.54) is 0 Å². The maximum atomic E-state index is 6.00. The molecule has 90 valence electrons. The van der Waals surface area contributed by atoms with Crippen molar-refractivity contribution in [3.63, 3.8) is 0 Å². The van der Waals surface area contributed by atoms with E-state index in [1.807, 2.05) is 30.5 Å². The van der Waals surface area contributed by atoms with Crippen LogP contribution < -0.4 is 10.5 Å². The molecule has 0 radical (unpaired) electrons. The van der Waals surface area contributed by atoms with E-state index in [0.717, 1.165) is 22.0 Å². The number of ether oxygens (including phenoxy) is 1. The van der Waals surface area contributed by atoms with E-state index < -0.39 is 0 Å². The molecule has 0 unspecified atom stereocenters. The topological polar surface area (TPSA) is 48.1 Å². The SMILES string of the molecule is CCOc1ccc(Cl)cc1-c1csc(CN)n1. The smallest absolute Gasteiger partial charge is 0.128 e. The lowest BCUT2D eigenvalue weighted by molar-refractivity contribution is 0.341. The summed E-state index contributed by atoms with van der Waals surface area (Å²) in [5.74, 6) is 0.797. The van der Waals surface area contributed by atoms with Crippen LogP contribution in [-0.4, -0.2) is 11.6 Å². The van der Waals surface area contributed by atoms with Gasteiger partial charge in [0.25, 0.3) is 0 Å². The van der Waals surface area contributed by atoms with E-state index in [-0.39, 0.29) is 0 Å². The number of thiazole rings is 1. The van der Waals surface area contributed by atoms with Gasteiger partial charge in [-0.3, -0.25) is 0 Å². The highest BCUT2D eigenvalue weighted by Gasteiger charge is 2.10. The quantitative estimate of drug-likeness (QED) is 0.925. The summed E-state index contributed by atoms with van der Waals surface area (Å²) < 4.78 is 5.56. The van der Waals surface area contributed by atoms with Crippen molar-refractivity contribution in [3.8, 4) is 17.0 Å². The van der Waals surface area contributed by atoms with Crippen LogP contribution >= 0.6 is 22.9 Å². The molecule has 1 aromatic heterocycles. The molecule has 0 bridgehead atoms. The normalized spacial score (nSPS) is 10.5. The highest BCUT2D eigenvalue weighted by molar-refractivity contribution is 7.09. The van der Waals surface area contributed by atoms with Gasteiger partial charge >= 0.3 is 0 Å². The van der Waals surface area contributed by atoms with Crippen molar-refractivity contribution in [3.05, 3.63) is 33.6 Å². The molecule has 5 heteroatoms. The van der Waals surface area contributed by atoms with Crippen LogP contribution in [0.4, 0.5) is 0 Å². The van der Waals surface area contributed by atoms with Crippen LogP contribution in [0.1, 0.15) is 11.9 Å². The Bertz CT molecular complexity index is 513. The monoisotopic (exact) mass is 268 g/mol.